The van der Waals surface area contributed by atoms with E-state index in [0.29, 0.717) is 5.92 Å². The van der Waals surface area contributed by atoms with Gasteiger partial charge in [-0.1, -0.05) is 26.7 Å². The standard InChI is InChI=1S/C9H17Cl/c1-7-5-4-6-9(3,10)8(7)2/h7-8H,4-6H2,1-3H3. The van der Waals surface area contributed by atoms with Crippen molar-refractivity contribution < 1.29 is 0 Å². The Bertz CT molecular complexity index is 118. The Morgan fingerprint density at radius 2 is 2.00 bits per heavy atom. The lowest BCUT2D eigenvalue weighted by Gasteiger charge is -2.38. The molecule has 1 aliphatic carbocycles. The fraction of sp³-hybridized carbons (Fsp3) is 1.00. The van der Waals surface area contributed by atoms with Crippen LogP contribution in [-0.2, 0) is 0 Å². The number of halogens is 1. The van der Waals surface area contributed by atoms with Gasteiger partial charge in [-0.05, 0) is 25.2 Å². The van der Waals surface area contributed by atoms with Gasteiger partial charge in [-0.3, -0.25) is 0 Å². The second kappa shape index (κ2) is 2.73. The van der Waals surface area contributed by atoms with Crippen LogP contribution in [-0.4, -0.2) is 4.87 Å². The van der Waals surface area contributed by atoms with Crippen molar-refractivity contribution in [3.05, 3.63) is 0 Å². The Morgan fingerprint density at radius 3 is 2.40 bits per heavy atom. The first kappa shape index (κ1) is 8.39. The Kier molecular flexibility index (Phi) is 2.29. The maximum Gasteiger partial charge on any atom is 0.0446 e. The van der Waals surface area contributed by atoms with Crippen LogP contribution in [0.4, 0.5) is 0 Å². The van der Waals surface area contributed by atoms with E-state index in [0.717, 1.165) is 5.92 Å². The summed E-state index contributed by atoms with van der Waals surface area (Å²) in [5.74, 6) is 1.50. The first-order chi connectivity index (χ1) is 4.54. The monoisotopic (exact) mass is 160 g/mol. The van der Waals surface area contributed by atoms with Gasteiger partial charge < -0.3 is 0 Å². The average Bonchev–Trinajstić information content (AvgIpc) is 1.83. The minimum atomic E-state index is 0.0810. The molecule has 1 saturated carbocycles. The molecule has 0 amide bonds. The Labute approximate surface area is 69.0 Å². The third-order valence-corrected chi connectivity index (χ3v) is 3.66. The largest absolute Gasteiger partial charge is 0.119 e. The molecule has 1 fully saturated rings. The molecule has 0 nitrogen and oxygen atoms in total. The van der Waals surface area contributed by atoms with Gasteiger partial charge in [0.05, 0.1) is 0 Å². The summed E-state index contributed by atoms with van der Waals surface area (Å²) in [6.45, 7) is 6.76. The molecule has 0 aliphatic heterocycles. The molecule has 0 spiro atoms. The SMILES string of the molecule is CC1CCCC(C)(Cl)C1C. The van der Waals surface area contributed by atoms with E-state index >= 15 is 0 Å². The highest BCUT2D eigenvalue weighted by Crippen LogP contribution is 2.41. The third kappa shape index (κ3) is 1.47. The maximum absolute atomic E-state index is 6.32. The van der Waals surface area contributed by atoms with E-state index in [4.69, 9.17) is 11.6 Å². The van der Waals surface area contributed by atoms with Gasteiger partial charge in [-0.15, -0.1) is 11.6 Å². The van der Waals surface area contributed by atoms with Crippen molar-refractivity contribution in [2.45, 2.75) is 44.9 Å². The van der Waals surface area contributed by atoms with Crippen molar-refractivity contribution in [3.63, 3.8) is 0 Å². The van der Waals surface area contributed by atoms with Gasteiger partial charge in [-0.2, -0.15) is 0 Å². The molecule has 3 atom stereocenters. The quantitative estimate of drug-likeness (QED) is 0.477. The van der Waals surface area contributed by atoms with Crippen LogP contribution in [0, 0.1) is 11.8 Å². The zero-order valence-corrected chi connectivity index (χ0v) is 7.91. The second-order valence-electron chi connectivity index (χ2n) is 3.94. The predicted molar refractivity (Wildman–Crippen MR) is 46.4 cm³/mol. The molecule has 0 heterocycles. The van der Waals surface area contributed by atoms with E-state index in [1.807, 2.05) is 0 Å². The topological polar surface area (TPSA) is 0 Å². The van der Waals surface area contributed by atoms with Gasteiger partial charge in [0.25, 0.3) is 0 Å². The van der Waals surface area contributed by atoms with Gasteiger partial charge in [-0.25, -0.2) is 0 Å². The fourth-order valence-electron chi connectivity index (χ4n) is 1.84. The Hall–Kier alpha value is 0.290. The molecule has 0 bridgehead atoms. The summed E-state index contributed by atoms with van der Waals surface area (Å²) < 4.78 is 0. The molecule has 1 rings (SSSR count). The van der Waals surface area contributed by atoms with Crippen LogP contribution in [0.25, 0.3) is 0 Å². The molecular weight excluding hydrogens is 144 g/mol. The minimum Gasteiger partial charge on any atom is -0.119 e. The first-order valence-corrected chi connectivity index (χ1v) is 4.61. The van der Waals surface area contributed by atoms with Gasteiger partial charge >= 0.3 is 0 Å². The zero-order chi connectivity index (χ0) is 7.78. The molecule has 1 aliphatic rings. The van der Waals surface area contributed by atoms with Crippen LogP contribution >= 0.6 is 11.6 Å². The molecule has 10 heavy (non-hydrogen) atoms. The highest BCUT2D eigenvalue weighted by molar-refractivity contribution is 6.23. The normalized spacial score (nSPS) is 49.2. The summed E-state index contributed by atoms with van der Waals surface area (Å²) in [4.78, 5) is 0.0810. The lowest BCUT2D eigenvalue weighted by Crippen LogP contribution is -2.34. The lowest BCUT2D eigenvalue weighted by atomic mass is 9.74. The number of rotatable bonds is 0. The molecule has 0 saturated heterocycles. The average molecular weight is 161 g/mol. The van der Waals surface area contributed by atoms with Crippen molar-refractivity contribution in [1.29, 1.82) is 0 Å². The van der Waals surface area contributed by atoms with Crippen LogP contribution in [0.5, 0.6) is 0 Å². The smallest absolute Gasteiger partial charge is 0.0446 e. The van der Waals surface area contributed by atoms with Crippen LogP contribution in [0.15, 0.2) is 0 Å². The molecule has 0 N–H and O–H groups in total. The fourth-order valence-corrected chi connectivity index (χ4v) is 2.19. The van der Waals surface area contributed by atoms with Crippen molar-refractivity contribution in [1.82, 2.24) is 0 Å². The van der Waals surface area contributed by atoms with Gasteiger partial charge in [0.15, 0.2) is 0 Å². The summed E-state index contributed by atoms with van der Waals surface area (Å²) in [5.41, 5.74) is 0. The summed E-state index contributed by atoms with van der Waals surface area (Å²) in [6, 6.07) is 0. The first-order valence-electron chi connectivity index (χ1n) is 4.23. The van der Waals surface area contributed by atoms with E-state index in [1.165, 1.54) is 19.3 Å². The van der Waals surface area contributed by atoms with Gasteiger partial charge in [0, 0.05) is 4.87 Å². The van der Waals surface area contributed by atoms with E-state index in [-0.39, 0.29) is 4.87 Å². The predicted octanol–water partition coefficient (Wildman–Crippen LogP) is 3.44. The third-order valence-electron chi connectivity index (χ3n) is 3.13. The number of hydrogen-bond acceptors (Lipinski definition) is 0. The van der Waals surface area contributed by atoms with Gasteiger partial charge in [0.1, 0.15) is 0 Å². The summed E-state index contributed by atoms with van der Waals surface area (Å²) in [6.07, 6.45) is 3.87. The molecule has 0 aromatic rings. The second-order valence-corrected chi connectivity index (χ2v) is 4.80. The molecule has 0 radical (unpaired) electrons. The molecule has 60 valence electrons. The highest BCUT2D eigenvalue weighted by atomic mass is 35.5. The molecule has 0 aromatic carbocycles. The lowest BCUT2D eigenvalue weighted by molar-refractivity contribution is 0.220. The maximum atomic E-state index is 6.32. The highest BCUT2D eigenvalue weighted by Gasteiger charge is 2.35. The zero-order valence-electron chi connectivity index (χ0n) is 7.15. The van der Waals surface area contributed by atoms with E-state index in [1.54, 1.807) is 0 Å². The molecule has 1 heteroatoms. The summed E-state index contributed by atoms with van der Waals surface area (Å²) in [5, 5.41) is 0. The molecular formula is C9H17Cl. The number of alkyl halides is 1. The van der Waals surface area contributed by atoms with Crippen molar-refractivity contribution >= 4 is 11.6 Å². The van der Waals surface area contributed by atoms with Crippen molar-refractivity contribution in [3.8, 4) is 0 Å². The van der Waals surface area contributed by atoms with Crippen LogP contribution in [0.1, 0.15) is 40.0 Å². The summed E-state index contributed by atoms with van der Waals surface area (Å²) in [7, 11) is 0. The van der Waals surface area contributed by atoms with Crippen molar-refractivity contribution in [2.24, 2.45) is 11.8 Å². The van der Waals surface area contributed by atoms with Crippen molar-refractivity contribution in [2.75, 3.05) is 0 Å². The Morgan fingerprint density at radius 1 is 1.40 bits per heavy atom. The van der Waals surface area contributed by atoms with Crippen LogP contribution in [0.2, 0.25) is 0 Å². The van der Waals surface area contributed by atoms with E-state index in [2.05, 4.69) is 20.8 Å². The molecule has 0 aromatic heterocycles. The number of hydrogen-bond donors (Lipinski definition) is 0. The van der Waals surface area contributed by atoms with Gasteiger partial charge in [0.2, 0.25) is 0 Å². The van der Waals surface area contributed by atoms with E-state index < -0.39 is 0 Å². The minimum absolute atomic E-state index is 0.0810. The van der Waals surface area contributed by atoms with Crippen LogP contribution in [0.3, 0.4) is 0 Å². The van der Waals surface area contributed by atoms with Crippen LogP contribution < -0.4 is 0 Å². The Balaban J connectivity index is 2.60. The summed E-state index contributed by atoms with van der Waals surface area (Å²) >= 11 is 6.32. The molecule has 3 unspecified atom stereocenters. The van der Waals surface area contributed by atoms with E-state index in [9.17, 15) is 0 Å².